The number of hydrogen-bond acceptors (Lipinski definition) is 7. The van der Waals surface area contributed by atoms with Crippen molar-refractivity contribution in [2.24, 2.45) is 0 Å². The number of esters is 1. The molecule has 0 saturated heterocycles. The Balaban J connectivity index is 1.69. The predicted octanol–water partition coefficient (Wildman–Crippen LogP) is 2.68. The summed E-state index contributed by atoms with van der Waals surface area (Å²) in [6, 6.07) is 11.1. The van der Waals surface area contributed by atoms with Crippen LogP contribution in [0.5, 0.6) is 5.75 Å². The number of nitrogens with zero attached hydrogens (tertiary/aromatic N) is 4. The average Bonchev–Trinajstić information content (AvgIpc) is 3.22. The third kappa shape index (κ3) is 3.12. The number of hydrogen-bond donors (Lipinski definition) is 1. The van der Waals surface area contributed by atoms with E-state index in [1.807, 2.05) is 24.3 Å². The molecule has 8 nitrogen and oxygen atoms in total. The number of rotatable bonds is 5. The zero-order valence-corrected chi connectivity index (χ0v) is 14.8. The molecule has 0 fully saturated rings. The van der Waals surface area contributed by atoms with Crippen LogP contribution in [0.4, 0.5) is 5.82 Å². The third-order valence-corrected chi connectivity index (χ3v) is 4.21. The van der Waals surface area contributed by atoms with Crippen LogP contribution < -0.4 is 10.1 Å². The lowest BCUT2D eigenvalue weighted by Gasteiger charge is -2.10. The van der Waals surface area contributed by atoms with Gasteiger partial charge in [-0.25, -0.2) is 19.7 Å². The molecule has 27 heavy (non-hydrogen) atoms. The SMILES string of the molecule is COC(=O)c1ccc2nc(NCc3ccc(OC)cc3)c3cncn3c2n1. The highest BCUT2D eigenvalue weighted by Gasteiger charge is 2.13. The maximum atomic E-state index is 11.8. The zero-order chi connectivity index (χ0) is 18.8. The Morgan fingerprint density at radius 2 is 1.93 bits per heavy atom. The molecular formula is C19H17N5O3. The molecule has 0 radical (unpaired) electrons. The van der Waals surface area contributed by atoms with Crippen LogP contribution >= 0.6 is 0 Å². The van der Waals surface area contributed by atoms with Gasteiger partial charge in [0.05, 0.1) is 20.4 Å². The van der Waals surface area contributed by atoms with Crippen LogP contribution in [0, 0.1) is 0 Å². The highest BCUT2D eigenvalue weighted by Crippen LogP contribution is 2.22. The standard InChI is InChI=1S/C19H17N5O3/c1-26-13-5-3-12(4-6-13)9-21-17-16-10-20-11-24(16)18-14(22-17)7-8-15(23-18)19(25)27-2/h3-8,10-11H,9H2,1-2H3,(H,21,22). The van der Waals surface area contributed by atoms with E-state index in [2.05, 4.69) is 20.3 Å². The molecule has 3 aromatic heterocycles. The van der Waals surface area contributed by atoms with Gasteiger partial charge >= 0.3 is 5.97 Å². The van der Waals surface area contributed by atoms with E-state index in [1.165, 1.54) is 7.11 Å². The molecule has 4 rings (SSSR count). The van der Waals surface area contributed by atoms with Crippen molar-refractivity contribution in [2.45, 2.75) is 6.54 Å². The number of aromatic nitrogens is 4. The van der Waals surface area contributed by atoms with Gasteiger partial charge in [0.15, 0.2) is 17.2 Å². The van der Waals surface area contributed by atoms with Gasteiger partial charge in [0.25, 0.3) is 0 Å². The summed E-state index contributed by atoms with van der Waals surface area (Å²) in [4.78, 5) is 25.0. The number of anilines is 1. The van der Waals surface area contributed by atoms with Gasteiger partial charge in [-0.15, -0.1) is 0 Å². The van der Waals surface area contributed by atoms with Crippen LogP contribution in [-0.2, 0) is 11.3 Å². The number of pyridine rings is 1. The van der Waals surface area contributed by atoms with Crippen molar-refractivity contribution in [3.8, 4) is 5.75 Å². The van der Waals surface area contributed by atoms with Gasteiger partial charge in [-0.05, 0) is 29.8 Å². The van der Waals surface area contributed by atoms with Crippen LogP contribution in [0.3, 0.4) is 0 Å². The molecule has 8 heteroatoms. The smallest absolute Gasteiger partial charge is 0.356 e. The van der Waals surface area contributed by atoms with Gasteiger partial charge in [-0.1, -0.05) is 12.1 Å². The Bertz CT molecular complexity index is 1120. The maximum Gasteiger partial charge on any atom is 0.356 e. The van der Waals surface area contributed by atoms with E-state index < -0.39 is 5.97 Å². The van der Waals surface area contributed by atoms with Crippen molar-refractivity contribution < 1.29 is 14.3 Å². The molecule has 0 unspecified atom stereocenters. The number of carbonyl (C=O) groups excluding carboxylic acids is 1. The summed E-state index contributed by atoms with van der Waals surface area (Å²) in [6.07, 6.45) is 3.35. The van der Waals surface area contributed by atoms with E-state index in [1.54, 1.807) is 36.2 Å². The topological polar surface area (TPSA) is 90.6 Å². The quantitative estimate of drug-likeness (QED) is 0.545. The van der Waals surface area contributed by atoms with E-state index in [-0.39, 0.29) is 5.69 Å². The number of imidazole rings is 1. The number of ether oxygens (including phenoxy) is 2. The minimum Gasteiger partial charge on any atom is -0.497 e. The molecule has 136 valence electrons. The van der Waals surface area contributed by atoms with Crippen molar-refractivity contribution in [3.63, 3.8) is 0 Å². The van der Waals surface area contributed by atoms with Crippen molar-refractivity contribution in [2.75, 3.05) is 19.5 Å². The maximum absolute atomic E-state index is 11.8. The molecule has 1 N–H and O–H groups in total. The number of methoxy groups -OCH3 is 2. The minimum absolute atomic E-state index is 0.223. The van der Waals surface area contributed by atoms with E-state index in [0.717, 1.165) is 16.8 Å². The molecule has 4 aromatic rings. The molecule has 0 aliphatic rings. The monoisotopic (exact) mass is 363 g/mol. The lowest BCUT2D eigenvalue weighted by Crippen LogP contribution is -2.08. The van der Waals surface area contributed by atoms with Gasteiger partial charge in [0, 0.05) is 6.54 Å². The molecule has 0 aliphatic carbocycles. The lowest BCUT2D eigenvalue weighted by molar-refractivity contribution is 0.0594. The van der Waals surface area contributed by atoms with Crippen molar-refractivity contribution >= 4 is 28.5 Å². The number of nitrogens with one attached hydrogen (secondary N) is 1. The zero-order valence-electron chi connectivity index (χ0n) is 14.8. The summed E-state index contributed by atoms with van der Waals surface area (Å²) in [5.74, 6) is 1.00. The minimum atomic E-state index is -0.494. The first-order valence-electron chi connectivity index (χ1n) is 8.27. The van der Waals surface area contributed by atoms with E-state index in [9.17, 15) is 4.79 Å². The number of benzene rings is 1. The number of carbonyl (C=O) groups is 1. The molecule has 0 bridgehead atoms. The van der Waals surface area contributed by atoms with Gasteiger partial charge < -0.3 is 14.8 Å². The first-order chi connectivity index (χ1) is 13.2. The van der Waals surface area contributed by atoms with Crippen LogP contribution in [0.25, 0.3) is 16.7 Å². The summed E-state index contributed by atoms with van der Waals surface area (Å²) in [6.45, 7) is 0.594. The number of fused-ring (bicyclic) bond motifs is 3. The highest BCUT2D eigenvalue weighted by molar-refractivity contribution is 5.90. The Morgan fingerprint density at radius 1 is 1.11 bits per heavy atom. The van der Waals surface area contributed by atoms with Crippen LogP contribution in [0.1, 0.15) is 16.1 Å². The summed E-state index contributed by atoms with van der Waals surface area (Å²) in [7, 11) is 2.97. The van der Waals surface area contributed by atoms with Crippen molar-refractivity contribution in [3.05, 3.63) is 60.2 Å². The molecule has 0 amide bonds. The van der Waals surface area contributed by atoms with Gasteiger partial charge in [0.2, 0.25) is 0 Å². The first kappa shape index (κ1) is 16.8. The largest absolute Gasteiger partial charge is 0.497 e. The fourth-order valence-corrected chi connectivity index (χ4v) is 2.80. The second-order valence-corrected chi connectivity index (χ2v) is 5.84. The summed E-state index contributed by atoms with van der Waals surface area (Å²) in [5, 5.41) is 3.34. The Morgan fingerprint density at radius 3 is 2.67 bits per heavy atom. The van der Waals surface area contributed by atoms with Gasteiger partial charge in [0.1, 0.15) is 23.1 Å². The van der Waals surface area contributed by atoms with E-state index in [4.69, 9.17) is 9.47 Å². The fraction of sp³-hybridized carbons (Fsp3) is 0.158. The van der Waals surface area contributed by atoms with Crippen LogP contribution in [-0.4, -0.2) is 39.5 Å². The van der Waals surface area contributed by atoms with Crippen molar-refractivity contribution in [1.29, 1.82) is 0 Å². The van der Waals surface area contributed by atoms with E-state index >= 15 is 0 Å². The molecule has 0 aliphatic heterocycles. The Labute approximate surface area is 154 Å². The van der Waals surface area contributed by atoms with Gasteiger partial charge in [-0.2, -0.15) is 0 Å². The van der Waals surface area contributed by atoms with Gasteiger partial charge in [-0.3, -0.25) is 4.40 Å². The Hall–Kier alpha value is -3.68. The molecule has 0 saturated carbocycles. The normalized spacial score (nSPS) is 10.9. The molecular weight excluding hydrogens is 346 g/mol. The molecule has 0 spiro atoms. The Kier molecular flexibility index (Phi) is 4.29. The summed E-state index contributed by atoms with van der Waals surface area (Å²) < 4.78 is 11.7. The fourth-order valence-electron chi connectivity index (χ4n) is 2.80. The van der Waals surface area contributed by atoms with E-state index in [0.29, 0.717) is 23.5 Å². The predicted molar refractivity (Wildman–Crippen MR) is 99.9 cm³/mol. The first-order valence-corrected chi connectivity index (χ1v) is 8.27. The second-order valence-electron chi connectivity index (χ2n) is 5.84. The lowest BCUT2D eigenvalue weighted by atomic mass is 10.2. The molecule has 0 atom stereocenters. The highest BCUT2D eigenvalue weighted by atomic mass is 16.5. The second kappa shape index (κ2) is 6.91. The summed E-state index contributed by atoms with van der Waals surface area (Å²) in [5.41, 5.74) is 3.27. The van der Waals surface area contributed by atoms with Crippen LogP contribution in [0.2, 0.25) is 0 Å². The third-order valence-electron chi connectivity index (χ3n) is 4.21. The molecule has 3 heterocycles. The summed E-state index contributed by atoms with van der Waals surface area (Å²) >= 11 is 0. The average molecular weight is 363 g/mol. The molecule has 1 aromatic carbocycles. The van der Waals surface area contributed by atoms with Crippen LogP contribution in [0.15, 0.2) is 48.9 Å². The van der Waals surface area contributed by atoms with Crippen molar-refractivity contribution in [1.82, 2.24) is 19.4 Å².